The van der Waals surface area contributed by atoms with Gasteiger partial charge in [0.25, 0.3) is 5.69 Å². The van der Waals surface area contributed by atoms with E-state index >= 15 is 0 Å². The lowest BCUT2D eigenvalue weighted by Crippen LogP contribution is -2.30. The second kappa shape index (κ2) is 5.77. The Bertz CT molecular complexity index is 404. The average molecular weight is 236 g/mol. The van der Waals surface area contributed by atoms with Crippen molar-refractivity contribution in [3.8, 4) is 0 Å². The topological polar surface area (TPSA) is 55.2 Å². The highest BCUT2D eigenvalue weighted by molar-refractivity contribution is 5.44. The highest BCUT2D eigenvalue weighted by Crippen LogP contribution is 2.23. The molecule has 1 aromatic carbocycles. The smallest absolute Gasteiger partial charge is 0.272 e. The number of hydrogen-bond donors (Lipinski definition) is 1. The van der Waals surface area contributed by atoms with E-state index in [0.717, 1.165) is 17.5 Å². The number of nitro benzene ring substituents is 1. The van der Waals surface area contributed by atoms with Crippen LogP contribution in [-0.2, 0) is 6.42 Å². The van der Waals surface area contributed by atoms with Crippen LogP contribution in [0.1, 0.15) is 25.0 Å². The first-order valence-corrected chi connectivity index (χ1v) is 5.87. The van der Waals surface area contributed by atoms with E-state index in [4.69, 9.17) is 0 Å². The van der Waals surface area contributed by atoms with Gasteiger partial charge in [-0.15, -0.1) is 0 Å². The van der Waals surface area contributed by atoms with Gasteiger partial charge in [0.15, 0.2) is 0 Å². The Balaban J connectivity index is 2.92. The zero-order chi connectivity index (χ0) is 13.0. The van der Waals surface area contributed by atoms with Crippen molar-refractivity contribution in [2.45, 2.75) is 33.2 Å². The SMILES string of the molecule is CNC(C)C(C)Cc1cccc([N+](=O)[O-])c1C. The molecule has 0 aliphatic heterocycles. The molecule has 2 atom stereocenters. The van der Waals surface area contributed by atoms with E-state index < -0.39 is 0 Å². The molecular weight excluding hydrogens is 216 g/mol. The van der Waals surface area contributed by atoms with Gasteiger partial charge in [-0.1, -0.05) is 19.1 Å². The Labute approximate surface area is 102 Å². The minimum absolute atomic E-state index is 0.215. The first kappa shape index (κ1) is 13.6. The summed E-state index contributed by atoms with van der Waals surface area (Å²) in [7, 11) is 1.93. The maximum absolute atomic E-state index is 10.8. The molecule has 0 aliphatic rings. The van der Waals surface area contributed by atoms with Crippen molar-refractivity contribution in [2.75, 3.05) is 7.05 Å². The summed E-state index contributed by atoms with van der Waals surface area (Å²) >= 11 is 0. The fourth-order valence-electron chi connectivity index (χ4n) is 1.90. The van der Waals surface area contributed by atoms with Gasteiger partial charge < -0.3 is 5.32 Å². The van der Waals surface area contributed by atoms with Gasteiger partial charge in [0, 0.05) is 17.7 Å². The average Bonchev–Trinajstić information content (AvgIpc) is 2.30. The molecule has 2 unspecified atom stereocenters. The van der Waals surface area contributed by atoms with Crippen molar-refractivity contribution in [3.05, 3.63) is 39.4 Å². The molecule has 0 amide bonds. The van der Waals surface area contributed by atoms with Crippen LogP contribution in [0.15, 0.2) is 18.2 Å². The number of rotatable bonds is 5. The van der Waals surface area contributed by atoms with Gasteiger partial charge in [-0.05, 0) is 38.8 Å². The lowest BCUT2D eigenvalue weighted by molar-refractivity contribution is -0.385. The number of nitrogens with one attached hydrogen (secondary N) is 1. The molecule has 0 aromatic heterocycles. The van der Waals surface area contributed by atoms with Gasteiger partial charge in [0.05, 0.1) is 4.92 Å². The fourth-order valence-corrected chi connectivity index (χ4v) is 1.90. The van der Waals surface area contributed by atoms with E-state index in [9.17, 15) is 10.1 Å². The van der Waals surface area contributed by atoms with Crippen LogP contribution in [0.25, 0.3) is 0 Å². The van der Waals surface area contributed by atoms with E-state index in [-0.39, 0.29) is 10.6 Å². The zero-order valence-electron chi connectivity index (χ0n) is 10.9. The van der Waals surface area contributed by atoms with Gasteiger partial charge in [-0.3, -0.25) is 10.1 Å². The maximum atomic E-state index is 10.8. The summed E-state index contributed by atoms with van der Waals surface area (Å²) in [5.74, 6) is 0.445. The van der Waals surface area contributed by atoms with Gasteiger partial charge in [0.2, 0.25) is 0 Å². The molecule has 4 heteroatoms. The van der Waals surface area contributed by atoms with Crippen molar-refractivity contribution < 1.29 is 4.92 Å². The minimum atomic E-state index is -0.314. The summed E-state index contributed by atoms with van der Waals surface area (Å²) < 4.78 is 0. The van der Waals surface area contributed by atoms with Crippen LogP contribution < -0.4 is 5.32 Å². The van der Waals surface area contributed by atoms with E-state index in [2.05, 4.69) is 19.2 Å². The largest absolute Gasteiger partial charge is 0.317 e. The Morgan fingerprint density at radius 3 is 2.59 bits per heavy atom. The van der Waals surface area contributed by atoms with Crippen molar-refractivity contribution >= 4 is 5.69 Å². The summed E-state index contributed by atoms with van der Waals surface area (Å²) in [5.41, 5.74) is 2.06. The van der Waals surface area contributed by atoms with Crippen LogP contribution in [-0.4, -0.2) is 18.0 Å². The number of hydrogen-bond acceptors (Lipinski definition) is 3. The van der Waals surface area contributed by atoms with Crippen molar-refractivity contribution in [3.63, 3.8) is 0 Å². The van der Waals surface area contributed by atoms with Crippen molar-refractivity contribution in [2.24, 2.45) is 5.92 Å². The lowest BCUT2D eigenvalue weighted by atomic mass is 9.92. The van der Waals surface area contributed by atoms with Crippen LogP contribution in [0.4, 0.5) is 5.69 Å². The van der Waals surface area contributed by atoms with Crippen molar-refractivity contribution in [1.82, 2.24) is 5.32 Å². The second-order valence-electron chi connectivity index (χ2n) is 4.58. The van der Waals surface area contributed by atoms with Crippen LogP contribution in [0.2, 0.25) is 0 Å². The minimum Gasteiger partial charge on any atom is -0.317 e. The molecule has 0 spiro atoms. The molecule has 0 bridgehead atoms. The monoisotopic (exact) mass is 236 g/mol. The molecule has 1 aromatic rings. The predicted molar refractivity (Wildman–Crippen MR) is 69.2 cm³/mol. The molecule has 0 fully saturated rings. The molecule has 1 N–H and O–H groups in total. The third kappa shape index (κ3) is 3.27. The fraction of sp³-hybridized carbons (Fsp3) is 0.538. The summed E-state index contributed by atoms with van der Waals surface area (Å²) in [4.78, 5) is 10.5. The van der Waals surface area contributed by atoms with E-state index in [0.29, 0.717) is 12.0 Å². The highest BCUT2D eigenvalue weighted by atomic mass is 16.6. The molecule has 0 aliphatic carbocycles. The van der Waals surface area contributed by atoms with E-state index in [1.807, 2.05) is 20.0 Å². The normalized spacial score (nSPS) is 14.4. The Morgan fingerprint density at radius 1 is 1.41 bits per heavy atom. The molecular formula is C13H20N2O2. The molecule has 0 radical (unpaired) electrons. The Hall–Kier alpha value is -1.42. The molecule has 0 saturated heterocycles. The lowest BCUT2D eigenvalue weighted by Gasteiger charge is -2.20. The third-order valence-electron chi connectivity index (χ3n) is 3.46. The summed E-state index contributed by atoms with van der Waals surface area (Å²) in [6.07, 6.45) is 0.857. The van der Waals surface area contributed by atoms with Crippen LogP contribution in [0.5, 0.6) is 0 Å². The number of nitro groups is 1. The summed E-state index contributed by atoms with van der Waals surface area (Å²) in [6, 6.07) is 5.69. The highest BCUT2D eigenvalue weighted by Gasteiger charge is 2.17. The van der Waals surface area contributed by atoms with Gasteiger partial charge >= 0.3 is 0 Å². The molecule has 1 rings (SSSR count). The van der Waals surface area contributed by atoms with E-state index in [1.165, 1.54) is 0 Å². The quantitative estimate of drug-likeness (QED) is 0.631. The zero-order valence-corrected chi connectivity index (χ0v) is 10.9. The first-order valence-electron chi connectivity index (χ1n) is 5.87. The number of benzene rings is 1. The number of nitrogens with zero attached hydrogens (tertiary/aromatic N) is 1. The molecule has 94 valence electrons. The molecule has 0 heterocycles. The Morgan fingerprint density at radius 2 is 2.06 bits per heavy atom. The third-order valence-corrected chi connectivity index (χ3v) is 3.46. The van der Waals surface area contributed by atoms with E-state index in [1.54, 1.807) is 12.1 Å². The summed E-state index contributed by atoms with van der Waals surface area (Å²) in [5, 5.41) is 14.1. The van der Waals surface area contributed by atoms with Gasteiger partial charge in [-0.2, -0.15) is 0 Å². The predicted octanol–water partition coefficient (Wildman–Crippen LogP) is 2.69. The molecule has 4 nitrogen and oxygen atoms in total. The standard InChI is InChI=1S/C13H20N2O2/c1-9(11(3)14-4)8-12-6-5-7-13(10(12)2)15(16)17/h5-7,9,11,14H,8H2,1-4H3. The first-order chi connectivity index (χ1) is 7.97. The van der Waals surface area contributed by atoms with Gasteiger partial charge in [0.1, 0.15) is 0 Å². The maximum Gasteiger partial charge on any atom is 0.272 e. The van der Waals surface area contributed by atoms with Crippen LogP contribution >= 0.6 is 0 Å². The molecule has 0 saturated carbocycles. The van der Waals surface area contributed by atoms with Crippen LogP contribution in [0, 0.1) is 23.0 Å². The van der Waals surface area contributed by atoms with Crippen molar-refractivity contribution in [1.29, 1.82) is 0 Å². The molecule has 17 heavy (non-hydrogen) atoms. The Kier molecular flexibility index (Phi) is 4.63. The van der Waals surface area contributed by atoms with Crippen LogP contribution in [0.3, 0.4) is 0 Å². The van der Waals surface area contributed by atoms with Gasteiger partial charge in [-0.25, -0.2) is 0 Å². The second-order valence-corrected chi connectivity index (χ2v) is 4.58. The summed E-state index contributed by atoms with van der Waals surface area (Å²) in [6.45, 7) is 6.10.